The van der Waals surface area contributed by atoms with Gasteiger partial charge in [-0.25, -0.2) is 8.93 Å². The zero-order valence-electron chi connectivity index (χ0n) is 15.5. The summed E-state index contributed by atoms with van der Waals surface area (Å²) in [7, 11) is -1.62. The molecule has 0 aliphatic rings. The number of hydrogen-bond acceptors (Lipinski definition) is 3. The van der Waals surface area contributed by atoms with Crippen molar-refractivity contribution in [1.29, 1.82) is 0 Å². The van der Waals surface area contributed by atoms with Crippen molar-refractivity contribution in [3.63, 3.8) is 0 Å². The van der Waals surface area contributed by atoms with Gasteiger partial charge in [0.2, 0.25) is 0 Å². The molecule has 1 aromatic carbocycles. The van der Waals surface area contributed by atoms with Gasteiger partial charge in [0.25, 0.3) is 0 Å². The maximum atomic E-state index is 13.5. The molecule has 0 saturated carbocycles. The van der Waals surface area contributed by atoms with Crippen LogP contribution in [0.3, 0.4) is 0 Å². The average molecular weight is 400 g/mol. The van der Waals surface area contributed by atoms with Gasteiger partial charge in [0.05, 0.1) is 39.1 Å². The molecule has 0 spiro atoms. The lowest BCUT2D eigenvalue weighted by molar-refractivity contribution is -0.138. The number of hydrogen-bond donors (Lipinski definition) is 2. The fourth-order valence-corrected chi connectivity index (χ4v) is 3.24. The number of alkyl halides is 3. The van der Waals surface area contributed by atoms with Crippen LogP contribution in [-0.4, -0.2) is 19.0 Å². The van der Waals surface area contributed by atoms with E-state index >= 15 is 0 Å². The number of rotatable bonds is 5. The van der Waals surface area contributed by atoms with Crippen LogP contribution in [0.25, 0.3) is 0 Å². The summed E-state index contributed by atoms with van der Waals surface area (Å²) in [6.07, 6.45) is -4.01. The summed E-state index contributed by atoms with van der Waals surface area (Å²) in [6, 6.07) is 7.63. The molecular weight excluding hydrogens is 377 g/mol. The molecule has 2 rings (SSSR count). The lowest BCUT2D eigenvalue weighted by atomic mass is 9.98. The summed E-state index contributed by atoms with van der Waals surface area (Å²) in [5.74, 6) is 0. The third-order valence-electron chi connectivity index (χ3n) is 3.95. The summed E-state index contributed by atoms with van der Waals surface area (Å²) in [6.45, 7) is 6.78. The van der Waals surface area contributed by atoms with Crippen LogP contribution >= 0.6 is 0 Å². The maximum Gasteiger partial charge on any atom is 0.418 e. The highest BCUT2D eigenvalue weighted by molar-refractivity contribution is 7.84. The molecule has 0 aliphatic carbocycles. The number of pyridine rings is 1. The minimum Gasteiger partial charge on any atom is -0.389 e. The largest absolute Gasteiger partial charge is 0.418 e. The lowest BCUT2D eigenvalue weighted by Gasteiger charge is -2.26. The number of aliphatic hydroxyl groups is 1. The number of aliphatic hydroxyl groups excluding tert-OH is 1. The molecule has 1 heterocycles. The fraction of sp³-hybridized carbons (Fsp3) is 0.421. The Hall–Kier alpha value is -1.77. The van der Waals surface area contributed by atoms with E-state index in [9.17, 15) is 22.5 Å². The van der Waals surface area contributed by atoms with Crippen molar-refractivity contribution in [2.45, 2.75) is 50.8 Å². The fourth-order valence-electron chi connectivity index (χ4n) is 2.42. The molecule has 2 N–H and O–H groups in total. The van der Waals surface area contributed by atoms with Gasteiger partial charge in [-0.3, -0.25) is 4.98 Å². The molecule has 1 unspecified atom stereocenters. The molecule has 8 heteroatoms. The van der Waals surface area contributed by atoms with Crippen LogP contribution in [-0.2, 0) is 17.2 Å². The van der Waals surface area contributed by atoms with Crippen LogP contribution in [0.5, 0.6) is 0 Å². The Balaban J connectivity index is 2.56. The van der Waals surface area contributed by atoms with Crippen molar-refractivity contribution in [2.75, 3.05) is 0 Å². The van der Waals surface area contributed by atoms with E-state index in [-0.39, 0.29) is 5.69 Å². The zero-order chi connectivity index (χ0) is 20.4. The van der Waals surface area contributed by atoms with Crippen LogP contribution in [0.15, 0.2) is 42.6 Å². The summed E-state index contributed by atoms with van der Waals surface area (Å²) in [5.41, 5.74) is -0.0203. The molecule has 3 atom stereocenters. The van der Waals surface area contributed by atoms with Crippen LogP contribution in [0.4, 0.5) is 13.2 Å². The third-order valence-corrected chi connectivity index (χ3v) is 5.51. The number of nitrogens with one attached hydrogen (secondary N) is 1. The van der Waals surface area contributed by atoms with Crippen LogP contribution in [0.1, 0.15) is 62.2 Å². The van der Waals surface area contributed by atoms with E-state index in [1.54, 1.807) is 52.0 Å². The zero-order valence-corrected chi connectivity index (χ0v) is 16.4. The van der Waals surface area contributed by atoms with E-state index in [0.29, 0.717) is 11.1 Å². The first-order valence-electron chi connectivity index (χ1n) is 8.39. The Bertz CT molecular complexity index is 800. The van der Waals surface area contributed by atoms with E-state index in [1.807, 2.05) is 0 Å². The highest BCUT2D eigenvalue weighted by Crippen LogP contribution is 2.36. The number of aromatic nitrogens is 1. The van der Waals surface area contributed by atoms with Crippen LogP contribution < -0.4 is 4.72 Å². The van der Waals surface area contributed by atoms with Crippen LogP contribution in [0, 0.1) is 0 Å². The molecule has 0 aliphatic heterocycles. The van der Waals surface area contributed by atoms with E-state index in [0.717, 1.165) is 6.07 Å². The molecule has 27 heavy (non-hydrogen) atoms. The van der Waals surface area contributed by atoms with Crippen molar-refractivity contribution >= 4 is 11.0 Å². The van der Waals surface area contributed by atoms with Crippen molar-refractivity contribution in [3.8, 4) is 0 Å². The van der Waals surface area contributed by atoms with Gasteiger partial charge < -0.3 is 5.11 Å². The van der Waals surface area contributed by atoms with Crippen molar-refractivity contribution < 1.29 is 22.5 Å². The highest BCUT2D eigenvalue weighted by Gasteiger charge is 2.37. The maximum absolute atomic E-state index is 13.5. The summed E-state index contributed by atoms with van der Waals surface area (Å²) in [4.78, 5) is 3.95. The van der Waals surface area contributed by atoms with Crippen molar-refractivity contribution in [3.05, 3.63) is 65.0 Å². The summed E-state index contributed by atoms with van der Waals surface area (Å²) in [5, 5.41) is 9.65. The summed E-state index contributed by atoms with van der Waals surface area (Å²) >= 11 is 0. The Morgan fingerprint density at radius 1 is 1.07 bits per heavy atom. The Morgan fingerprint density at radius 3 is 2.11 bits per heavy atom. The molecule has 0 bridgehead atoms. The van der Waals surface area contributed by atoms with Gasteiger partial charge in [-0.15, -0.1) is 0 Å². The minimum atomic E-state index is -4.59. The predicted octanol–water partition coefficient (Wildman–Crippen LogP) is 4.29. The summed E-state index contributed by atoms with van der Waals surface area (Å²) < 4.78 is 55.2. The quantitative estimate of drug-likeness (QED) is 0.787. The second-order valence-electron chi connectivity index (χ2n) is 7.21. The van der Waals surface area contributed by atoms with Gasteiger partial charge in [-0.2, -0.15) is 13.2 Å². The Labute approximate surface area is 159 Å². The highest BCUT2D eigenvalue weighted by atomic mass is 32.2. The molecule has 148 valence electrons. The first-order valence-corrected chi connectivity index (χ1v) is 9.54. The Morgan fingerprint density at radius 2 is 1.63 bits per heavy atom. The van der Waals surface area contributed by atoms with E-state index in [4.69, 9.17) is 0 Å². The smallest absolute Gasteiger partial charge is 0.389 e. The molecule has 1 aromatic heterocycles. The van der Waals surface area contributed by atoms with Gasteiger partial charge in [0, 0.05) is 6.20 Å². The topological polar surface area (TPSA) is 62.2 Å². The third kappa shape index (κ3) is 5.37. The molecule has 0 amide bonds. The molecule has 0 saturated heterocycles. The van der Waals surface area contributed by atoms with E-state index in [1.165, 1.54) is 12.3 Å². The average Bonchev–Trinajstić information content (AvgIpc) is 2.58. The molecule has 4 nitrogen and oxygen atoms in total. The second-order valence-corrected chi connectivity index (χ2v) is 9.21. The second kappa shape index (κ2) is 8.08. The van der Waals surface area contributed by atoms with Crippen molar-refractivity contribution in [1.82, 2.24) is 9.71 Å². The van der Waals surface area contributed by atoms with Gasteiger partial charge in [0.15, 0.2) is 0 Å². The first kappa shape index (κ1) is 21.5. The molecular formula is C19H23F3N2O2S. The van der Waals surface area contributed by atoms with Gasteiger partial charge in [-0.1, -0.05) is 24.3 Å². The van der Waals surface area contributed by atoms with E-state index in [2.05, 4.69) is 9.71 Å². The van der Waals surface area contributed by atoms with Gasteiger partial charge >= 0.3 is 6.18 Å². The number of halogens is 3. The number of benzene rings is 1. The normalized spacial score (nSPS) is 16.0. The minimum absolute atomic E-state index is 0.243. The monoisotopic (exact) mass is 400 g/mol. The SMILES string of the molecule is CC(O)c1ccc([C@H](N[S@@](=O)C(C)(C)C)c2ncccc2C(F)(F)F)cc1. The standard InChI is InChI=1S/C19H23F3N2O2S/c1-12(25)13-7-9-14(10-8-13)16(24-27(26)18(2,3)4)17-15(19(20,21)22)6-5-11-23-17/h5-12,16,24-25H,1-4H3/t12?,16-,27-/m0/s1. The molecule has 0 fully saturated rings. The van der Waals surface area contributed by atoms with Gasteiger partial charge in [0.1, 0.15) is 0 Å². The Kier molecular flexibility index (Phi) is 6.44. The van der Waals surface area contributed by atoms with Crippen LogP contribution in [0.2, 0.25) is 0 Å². The number of nitrogens with zero attached hydrogens (tertiary/aromatic N) is 1. The predicted molar refractivity (Wildman–Crippen MR) is 99.2 cm³/mol. The molecule has 2 aromatic rings. The molecule has 0 radical (unpaired) electrons. The first-order chi connectivity index (χ1) is 12.4. The van der Waals surface area contributed by atoms with Crippen molar-refractivity contribution in [2.24, 2.45) is 0 Å². The lowest BCUT2D eigenvalue weighted by Crippen LogP contribution is -2.37. The van der Waals surface area contributed by atoms with E-state index < -0.39 is 39.6 Å². The van der Waals surface area contributed by atoms with Gasteiger partial charge in [-0.05, 0) is 51.0 Å².